The monoisotopic (exact) mass is 276 g/mol. The Labute approximate surface area is 116 Å². The molecule has 0 saturated heterocycles. The van der Waals surface area contributed by atoms with Crippen LogP contribution in [0.15, 0.2) is 24.3 Å². The van der Waals surface area contributed by atoms with Gasteiger partial charge in [0.05, 0.1) is 5.69 Å². The van der Waals surface area contributed by atoms with Crippen LogP contribution in [0.5, 0.6) is 0 Å². The molecule has 0 spiro atoms. The Morgan fingerprint density at radius 3 is 2.83 bits per heavy atom. The van der Waals surface area contributed by atoms with Crippen LogP contribution >= 0.6 is 22.9 Å². The Kier molecular flexibility index (Phi) is 3.90. The van der Waals surface area contributed by atoms with Crippen LogP contribution in [0.1, 0.15) is 23.8 Å². The molecule has 0 atom stereocenters. The quantitative estimate of drug-likeness (QED) is 0.899. The summed E-state index contributed by atoms with van der Waals surface area (Å²) in [6, 6.07) is 9.82. The van der Waals surface area contributed by atoms with Crippen molar-refractivity contribution in [2.24, 2.45) is 0 Å². The first kappa shape index (κ1) is 12.9. The number of anilines is 1. The SMILES string of the molecule is CCCc1c(-c2cccc(Cl)c2)sc(C#N)c1N. The van der Waals surface area contributed by atoms with Gasteiger partial charge in [-0.05, 0) is 29.7 Å². The summed E-state index contributed by atoms with van der Waals surface area (Å²) >= 11 is 7.46. The Morgan fingerprint density at radius 2 is 2.22 bits per heavy atom. The minimum Gasteiger partial charge on any atom is -0.397 e. The molecule has 0 aliphatic carbocycles. The van der Waals surface area contributed by atoms with Crippen LogP contribution in [-0.2, 0) is 6.42 Å². The number of halogens is 1. The van der Waals surface area contributed by atoms with E-state index in [-0.39, 0.29) is 0 Å². The molecule has 0 aliphatic heterocycles. The van der Waals surface area contributed by atoms with E-state index in [0.29, 0.717) is 15.6 Å². The summed E-state index contributed by atoms with van der Waals surface area (Å²) in [5.74, 6) is 0. The number of thiophene rings is 1. The summed E-state index contributed by atoms with van der Waals surface area (Å²) in [7, 11) is 0. The molecule has 1 aromatic heterocycles. The number of rotatable bonds is 3. The summed E-state index contributed by atoms with van der Waals surface area (Å²) < 4.78 is 0. The van der Waals surface area contributed by atoms with Gasteiger partial charge < -0.3 is 5.73 Å². The first-order valence-corrected chi connectivity index (χ1v) is 6.94. The van der Waals surface area contributed by atoms with Crippen LogP contribution in [0.4, 0.5) is 5.69 Å². The number of nitrogen functional groups attached to an aromatic ring is 1. The van der Waals surface area contributed by atoms with E-state index < -0.39 is 0 Å². The molecule has 0 aliphatic rings. The van der Waals surface area contributed by atoms with Gasteiger partial charge in [-0.1, -0.05) is 37.1 Å². The second-order valence-corrected chi connectivity index (χ2v) is 5.48. The van der Waals surface area contributed by atoms with Crippen molar-refractivity contribution in [2.45, 2.75) is 19.8 Å². The van der Waals surface area contributed by atoms with Crippen LogP contribution in [-0.4, -0.2) is 0 Å². The fourth-order valence-electron chi connectivity index (χ4n) is 1.92. The van der Waals surface area contributed by atoms with Gasteiger partial charge in [-0.3, -0.25) is 0 Å². The Bertz CT molecular complexity index is 611. The number of hydrogen-bond acceptors (Lipinski definition) is 3. The Hall–Kier alpha value is -1.50. The van der Waals surface area contributed by atoms with Crippen molar-refractivity contribution in [3.05, 3.63) is 39.7 Å². The molecule has 18 heavy (non-hydrogen) atoms. The molecule has 4 heteroatoms. The molecule has 0 fully saturated rings. The Balaban J connectivity index is 2.60. The van der Waals surface area contributed by atoms with Gasteiger partial charge in [0.1, 0.15) is 10.9 Å². The predicted octanol–water partition coefficient (Wildman–Crippen LogP) is 4.47. The number of hydrogen-bond donors (Lipinski definition) is 1. The third kappa shape index (κ3) is 2.35. The van der Waals surface area contributed by atoms with Gasteiger partial charge in [-0.2, -0.15) is 5.26 Å². The fourth-order valence-corrected chi connectivity index (χ4v) is 3.18. The summed E-state index contributed by atoms with van der Waals surface area (Å²) in [6.07, 6.45) is 1.88. The second-order valence-electron chi connectivity index (χ2n) is 4.02. The van der Waals surface area contributed by atoms with Crippen LogP contribution in [0, 0.1) is 11.3 Å². The van der Waals surface area contributed by atoms with E-state index in [4.69, 9.17) is 22.6 Å². The molecule has 0 saturated carbocycles. The maximum absolute atomic E-state index is 9.08. The van der Waals surface area contributed by atoms with Crippen molar-refractivity contribution >= 4 is 28.6 Å². The molecule has 0 unspecified atom stereocenters. The minimum absolute atomic E-state index is 0.591. The topological polar surface area (TPSA) is 49.8 Å². The number of nitriles is 1. The maximum atomic E-state index is 9.08. The van der Waals surface area contributed by atoms with Crippen LogP contribution in [0.3, 0.4) is 0 Å². The van der Waals surface area contributed by atoms with Crippen molar-refractivity contribution in [3.63, 3.8) is 0 Å². The van der Waals surface area contributed by atoms with Crippen molar-refractivity contribution in [3.8, 4) is 16.5 Å². The lowest BCUT2D eigenvalue weighted by molar-refractivity contribution is 0.930. The van der Waals surface area contributed by atoms with Crippen molar-refractivity contribution in [1.82, 2.24) is 0 Å². The zero-order valence-electron chi connectivity index (χ0n) is 10.0. The van der Waals surface area contributed by atoms with E-state index in [2.05, 4.69) is 13.0 Å². The largest absolute Gasteiger partial charge is 0.397 e. The van der Waals surface area contributed by atoms with E-state index >= 15 is 0 Å². The van der Waals surface area contributed by atoms with Gasteiger partial charge in [0.15, 0.2) is 0 Å². The summed E-state index contributed by atoms with van der Waals surface area (Å²) in [6.45, 7) is 2.10. The number of nitrogens with two attached hydrogens (primary N) is 1. The second kappa shape index (κ2) is 5.43. The highest BCUT2D eigenvalue weighted by Gasteiger charge is 2.16. The number of benzene rings is 1. The van der Waals surface area contributed by atoms with Crippen molar-refractivity contribution < 1.29 is 0 Å². The third-order valence-corrected chi connectivity index (χ3v) is 4.17. The van der Waals surface area contributed by atoms with Crippen molar-refractivity contribution in [1.29, 1.82) is 5.26 Å². The molecule has 0 bridgehead atoms. The molecule has 1 aromatic carbocycles. The first-order valence-electron chi connectivity index (χ1n) is 5.74. The highest BCUT2D eigenvalue weighted by atomic mass is 35.5. The van der Waals surface area contributed by atoms with Crippen LogP contribution < -0.4 is 5.73 Å². The molecule has 2 nitrogen and oxygen atoms in total. The zero-order valence-corrected chi connectivity index (χ0v) is 11.6. The summed E-state index contributed by atoms with van der Waals surface area (Å²) in [5, 5.41) is 9.78. The van der Waals surface area contributed by atoms with E-state index in [1.165, 1.54) is 11.3 Å². The lowest BCUT2D eigenvalue weighted by atomic mass is 10.0. The van der Waals surface area contributed by atoms with Gasteiger partial charge in [-0.15, -0.1) is 11.3 Å². The van der Waals surface area contributed by atoms with E-state index in [1.54, 1.807) is 0 Å². The first-order chi connectivity index (χ1) is 8.67. The van der Waals surface area contributed by atoms with Crippen LogP contribution in [0.2, 0.25) is 5.02 Å². The normalized spacial score (nSPS) is 10.3. The molecule has 2 rings (SSSR count). The maximum Gasteiger partial charge on any atom is 0.128 e. The highest BCUT2D eigenvalue weighted by Crippen LogP contribution is 2.39. The van der Waals surface area contributed by atoms with Crippen molar-refractivity contribution in [2.75, 3.05) is 5.73 Å². The fraction of sp³-hybridized carbons (Fsp3) is 0.214. The molecule has 0 amide bonds. The van der Waals surface area contributed by atoms with Gasteiger partial charge in [0.2, 0.25) is 0 Å². The van der Waals surface area contributed by atoms with Gasteiger partial charge in [0, 0.05) is 9.90 Å². The average molecular weight is 277 g/mol. The molecule has 2 aromatic rings. The average Bonchev–Trinajstić information content (AvgIpc) is 2.67. The predicted molar refractivity (Wildman–Crippen MR) is 77.9 cm³/mol. The molecule has 92 valence electrons. The minimum atomic E-state index is 0.591. The smallest absolute Gasteiger partial charge is 0.128 e. The molecule has 0 radical (unpaired) electrons. The lowest BCUT2D eigenvalue weighted by Gasteiger charge is -2.04. The summed E-state index contributed by atoms with van der Waals surface area (Å²) in [4.78, 5) is 1.65. The third-order valence-electron chi connectivity index (χ3n) is 2.74. The highest BCUT2D eigenvalue weighted by molar-refractivity contribution is 7.16. The van der Waals surface area contributed by atoms with E-state index in [0.717, 1.165) is 28.8 Å². The summed E-state index contributed by atoms with van der Waals surface area (Å²) in [5.41, 5.74) is 8.76. The molecule has 2 N–H and O–H groups in total. The lowest BCUT2D eigenvalue weighted by Crippen LogP contribution is -1.93. The molecular weight excluding hydrogens is 264 g/mol. The standard InChI is InChI=1S/C14H13ClN2S/c1-2-4-11-13(17)12(8-16)18-14(11)9-5-3-6-10(15)7-9/h3,5-7H,2,4,17H2,1H3. The molecule has 1 heterocycles. The van der Waals surface area contributed by atoms with E-state index in [9.17, 15) is 0 Å². The zero-order chi connectivity index (χ0) is 13.1. The van der Waals surface area contributed by atoms with Gasteiger partial charge >= 0.3 is 0 Å². The van der Waals surface area contributed by atoms with E-state index in [1.807, 2.05) is 24.3 Å². The Morgan fingerprint density at radius 1 is 1.44 bits per heavy atom. The van der Waals surface area contributed by atoms with Gasteiger partial charge in [0.25, 0.3) is 0 Å². The van der Waals surface area contributed by atoms with Gasteiger partial charge in [-0.25, -0.2) is 0 Å². The van der Waals surface area contributed by atoms with Crippen LogP contribution in [0.25, 0.3) is 10.4 Å². The number of nitrogens with zero attached hydrogens (tertiary/aromatic N) is 1. The molecular formula is C14H13ClN2S.